The fraction of sp³-hybridized carbons (Fsp3) is 0.176. The Morgan fingerprint density at radius 2 is 1.91 bits per heavy atom. The van der Waals surface area contributed by atoms with Crippen molar-refractivity contribution in [1.29, 1.82) is 0 Å². The summed E-state index contributed by atoms with van der Waals surface area (Å²) in [7, 11) is 1.92. The standard InChI is InChI=1S/C17H15ClN2OS/c1-10-6-4-5-7-13(10)16(21)19-17-20(3)15-11(2)8-12(18)9-14(15)22-17/h4-9H,1-3H3. The van der Waals surface area contributed by atoms with Crippen molar-refractivity contribution in [2.24, 2.45) is 12.0 Å². The number of carbonyl (C=O) groups is 1. The normalized spacial score (nSPS) is 12.1. The van der Waals surface area contributed by atoms with Crippen LogP contribution >= 0.6 is 22.9 Å². The molecule has 1 amide bonds. The Hall–Kier alpha value is -1.91. The Morgan fingerprint density at radius 1 is 1.18 bits per heavy atom. The molecule has 0 saturated carbocycles. The Bertz CT molecular complexity index is 953. The molecule has 1 aromatic heterocycles. The predicted molar refractivity (Wildman–Crippen MR) is 91.6 cm³/mol. The van der Waals surface area contributed by atoms with Gasteiger partial charge in [0.1, 0.15) is 0 Å². The average Bonchev–Trinajstić information content (AvgIpc) is 2.75. The number of rotatable bonds is 1. The number of carbonyl (C=O) groups excluding carboxylic acids is 1. The van der Waals surface area contributed by atoms with Crippen LogP contribution in [0.25, 0.3) is 10.2 Å². The number of benzene rings is 2. The number of fused-ring (bicyclic) bond motifs is 1. The number of hydrogen-bond acceptors (Lipinski definition) is 2. The summed E-state index contributed by atoms with van der Waals surface area (Å²) >= 11 is 7.58. The fourth-order valence-electron chi connectivity index (χ4n) is 2.53. The molecule has 5 heteroatoms. The van der Waals surface area contributed by atoms with E-state index in [1.165, 1.54) is 11.3 Å². The van der Waals surface area contributed by atoms with Crippen molar-refractivity contribution in [3.63, 3.8) is 0 Å². The third kappa shape index (κ3) is 2.60. The Balaban J connectivity index is 2.18. The average molecular weight is 331 g/mol. The quantitative estimate of drug-likeness (QED) is 0.656. The maximum atomic E-state index is 12.4. The van der Waals surface area contributed by atoms with E-state index in [1.807, 2.05) is 55.8 Å². The zero-order valence-corrected chi connectivity index (χ0v) is 14.1. The lowest BCUT2D eigenvalue weighted by Crippen LogP contribution is -2.14. The summed E-state index contributed by atoms with van der Waals surface area (Å²) in [4.78, 5) is 17.4. The molecule has 0 aliphatic rings. The Kier molecular flexibility index (Phi) is 3.89. The fourth-order valence-corrected chi connectivity index (χ4v) is 4.00. The number of amides is 1. The molecule has 2 aromatic carbocycles. The first-order valence-corrected chi connectivity index (χ1v) is 8.07. The maximum Gasteiger partial charge on any atom is 0.279 e. The third-order valence-corrected chi connectivity index (χ3v) is 4.92. The van der Waals surface area contributed by atoms with Gasteiger partial charge in [0, 0.05) is 17.6 Å². The molecule has 1 heterocycles. The molecule has 0 aliphatic carbocycles. The van der Waals surface area contributed by atoms with Crippen LogP contribution in [-0.4, -0.2) is 10.5 Å². The van der Waals surface area contributed by atoms with Gasteiger partial charge in [-0.1, -0.05) is 41.1 Å². The van der Waals surface area contributed by atoms with E-state index >= 15 is 0 Å². The number of nitrogens with zero attached hydrogens (tertiary/aromatic N) is 2. The minimum atomic E-state index is -0.219. The van der Waals surface area contributed by atoms with E-state index in [0.717, 1.165) is 21.3 Å². The lowest BCUT2D eigenvalue weighted by Gasteiger charge is -2.01. The highest BCUT2D eigenvalue weighted by Gasteiger charge is 2.10. The van der Waals surface area contributed by atoms with E-state index in [4.69, 9.17) is 11.6 Å². The molecule has 0 aliphatic heterocycles. The lowest BCUT2D eigenvalue weighted by atomic mass is 10.1. The molecule has 0 saturated heterocycles. The van der Waals surface area contributed by atoms with E-state index in [1.54, 1.807) is 6.07 Å². The Labute approximate surface area is 137 Å². The first kappa shape index (κ1) is 15.0. The molecule has 0 N–H and O–H groups in total. The second-order valence-corrected chi connectivity index (χ2v) is 6.69. The molecule has 0 atom stereocenters. The van der Waals surface area contributed by atoms with Gasteiger partial charge in [-0.25, -0.2) is 0 Å². The summed E-state index contributed by atoms with van der Waals surface area (Å²) in [6.45, 7) is 3.92. The van der Waals surface area contributed by atoms with Crippen molar-refractivity contribution in [3.05, 3.63) is 62.9 Å². The zero-order chi connectivity index (χ0) is 15.9. The second-order valence-electron chi connectivity index (χ2n) is 5.24. The summed E-state index contributed by atoms with van der Waals surface area (Å²) in [5.41, 5.74) is 3.70. The zero-order valence-electron chi connectivity index (χ0n) is 12.6. The number of aromatic nitrogens is 1. The van der Waals surface area contributed by atoms with Crippen molar-refractivity contribution >= 4 is 39.1 Å². The molecule has 22 heavy (non-hydrogen) atoms. The number of halogens is 1. The van der Waals surface area contributed by atoms with Gasteiger partial charge in [0.25, 0.3) is 5.91 Å². The van der Waals surface area contributed by atoms with Gasteiger partial charge in [-0.2, -0.15) is 4.99 Å². The van der Waals surface area contributed by atoms with Crippen LogP contribution in [-0.2, 0) is 7.05 Å². The van der Waals surface area contributed by atoms with Crippen molar-refractivity contribution in [1.82, 2.24) is 4.57 Å². The van der Waals surface area contributed by atoms with Crippen LogP contribution in [0, 0.1) is 13.8 Å². The largest absolute Gasteiger partial charge is 0.319 e. The number of aryl methyl sites for hydroxylation is 3. The topological polar surface area (TPSA) is 34.4 Å². The molecule has 3 nitrogen and oxygen atoms in total. The summed E-state index contributed by atoms with van der Waals surface area (Å²) in [6, 6.07) is 11.3. The minimum Gasteiger partial charge on any atom is -0.319 e. The van der Waals surface area contributed by atoms with Crippen molar-refractivity contribution in [2.75, 3.05) is 0 Å². The summed E-state index contributed by atoms with van der Waals surface area (Å²) in [5.74, 6) is -0.219. The molecule has 0 spiro atoms. The third-order valence-electron chi connectivity index (χ3n) is 3.63. The van der Waals surface area contributed by atoms with Crippen LogP contribution < -0.4 is 4.80 Å². The summed E-state index contributed by atoms with van der Waals surface area (Å²) < 4.78 is 2.98. The number of thiazole rings is 1. The molecular weight excluding hydrogens is 316 g/mol. The maximum absolute atomic E-state index is 12.4. The highest BCUT2D eigenvalue weighted by Crippen LogP contribution is 2.25. The highest BCUT2D eigenvalue weighted by molar-refractivity contribution is 7.16. The van der Waals surface area contributed by atoms with Gasteiger partial charge in [0.05, 0.1) is 10.2 Å². The van der Waals surface area contributed by atoms with Gasteiger partial charge in [-0.3, -0.25) is 4.79 Å². The van der Waals surface area contributed by atoms with Crippen LogP contribution in [0.2, 0.25) is 5.02 Å². The van der Waals surface area contributed by atoms with Crippen LogP contribution in [0.15, 0.2) is 41.4 Å². The van der Waals surface area contributed by atoms with Gasteiger partial charge in [-0.05, 0) is 43.2 Å². The van der Waals surface area contributed by atoms with Crippen LogP contribution in [0.5, 0.6) is 0 Å². The molecular formula is C17H15ClN2OS. The predicted octanol–water partition coefficient (Wildman–Crippen LogP) is 4.25. The van der Waals surface area contributed by atoms with Crippen LogP contribution in [0.1, 0.15) is 21.5 Å². The number of hydrogen-bond donors (Lipinski definition) is 0. The molecule has 112 valence electrons. The van der Waals surface area contributed by atoms with Crippen molar-refractivity contribution < 1.29 is 4.79 Å². The smallest absolute Gasteiger partial charge is 0.279 e. The van der Waals surface area contributed by atoms with Gasteiger partial charge in [0.15, 0.2) is 4.80 Å². The SMILES string of the molecule is Cc1ccccc1C(=O)N=c1sc2cc(Cl)cc(C)c2n1C. The van der Waals surface area contributed by atoms with Gasteiger partial charge in [-0.15, -0.1) is 0 Å². The van der Waals surface area contributed by atoms with E-state index in [2.05, 4.69) is 4.99 Å². The summed E-state index contributed by atoms with van der Waals surface area (Å²) in [5, 5.41) is 0.698. The molecule has 0 fully saturated rings. The Morgan fingerprint density at radius 3 is 2.64 bits per heavy atom. The molecule has 3 aromatic rings. The van der Waals surface area contributed by atoms with Crippen molar-refractivity contribution in [3.8, 4) is 0 Å². The van der Waals surface area contributed by atoms with Gasteiger partial charge < -0.3 is 4.57 Å². The molecule has 0 bridgehead atoms. The van der Waals surface area contributed by atoms with Crippen LogP contribution in [0.4, 0.5) is 0 Å². The summed E-state index contributed by atoms with van der Waals surface area (Å²) in [6.07, 6.45) is 0. The second kappa shape index (κ2) is 5.71. The lowest BCUT2D eigenvalue weighted by molar-refractivity contribution is 0.0997. The monoisotopic (exact) mass is 330 g/mol. The highest BCUT2D eigenvalue weighted by atomic mass is 35.5. The van der Waals surface area contributed by atoms with Crippen LogP contribution in [0.3, 0.4) is 0 Å². The first-order valence-electron chi connectivity index (χ1n) is 6.88. The van der Waals surface area contributed by atoms with Gasteiger partial charge in [0.2, 0.25) is 0 Å². The van der Waals surface area contributed by atoms with E-state index in [9.17, 15) is 4.79 Å². The van der Waals surface area contributed by atoms with E-state index in [-0.39, 0.29) is 5.91 Å². The van der Waals surface area contributed by atoms with Crippen molar-refractivity contribution in [2.45, 2.75) is 13.8 Å². The van der Waals surface area contributed by atoms with E-state index < -0.39 is 0 Å². The first-order chi connectivity index (χ1) is 10.5. The molecule has 0 unspecified atom stereocenters. The molecule has 3 rings (SSSR count). The van der Waals surface area contributed by atoms with Gasteiger partial charge >= 0.3 is 0 Å². The van der Waals surface area contributed by atoms with E-state index in [0.29, 0.717) is 15.4 Å². The minimum absolute atomic E-state index is 0.219. The molecule has 0 radical (unpaired) electrons.